The largest absolute Gasteiger partial charge is 0.456 e. The number of amides is 1. The minimum Gasteiger partial charge on any atom is -0.456 e. The fourth-order valence-corrected chi connectivity index (χ4v) is 10.0. The molecule has 0 aliphatic carbocycles. The lowest BCUT2D eigenvalue weighted by atomic mass is 9.81. The van der Waals surface area contributed by atoms with Crippen LogP contribution >= 0.6 is 0 Å². The van der Waals surface area contributed by atoms with Crippen LogP contribution in [0.25, 0.3) is 0 Å². The molecule has 0 aromatic heterocycles. The monoisotopic (exact) mass is 820 g/mol. The summed E-state index contributed by atoms with van der Waals surface area (Å²) in [5.41, 5.74) is 0.593. The van der Waals surface area contributed by atoms with Gasteiger partial charge in [0.15, 0.2) is 0 Å². The molecule has 14 heteroatoms. The van der Waals surface area contributed by atoms with Gasteiger partial charge < -0.3 is 38.8 Å². The number of carbonyl (C=O) groups excluding carboxylic acids is 4. The molecule has 0 spiro atoms. The molecule has 0 aromatic carbocycles. The number of aliphatic hydroxyl groups excluding tert-OH is 1. The number of nitrogens with zero attached hydrogens (tertiary/aromatic N) is 2. The van der Waals surface area contributed by atoms with Crippen LogP contribution in [-0.2, 0) is 42.9 Å². The van der Waals surface area contributed by atoms with E-state index in [1.54, 1.807) is 33.8 Å². The molecule has 2 bridgehead atoms. The number of methoxy groups -OCH3 is 2. The highest BCUT2D eigenvalue weighted by Crippen LogP contribution is 2.40. The molecule has 1 amide bonds. The van der Waals surface area contributed by atoms with Crippen LogP contribution in [0.4, 0.5) is 4.39 Å². The number of morpholine rings is 1. The second kappa shape index (κ2) is 19.9. The van der Waals surface area contributed by atoms with Crippen molar-refractivity contribution in [2.24, 2.45) is 23.7 Å². The number of esters is 1. The van der Waals surface area contributed by atoms with Gasteiger partial charge >= 0.3 is 5.97 Å². The van der Waals surface area contributed by atoms with Crippen molar-refractivity contribution in [2.45, 2.75) is 160 Å². The summed E-state index contributed by atoms with van der Waals surface area (Å²) in [6.07, 6.45) is 2.00. The number of cyclic esters (lactones) is 1. The predicted octanol–water partition coefficient (Wildman–Crippen LogP) is 4.50. The number of carbonyl (C=O) groups is 4. The van der Waals surface area contributed by atoms with Crippen molar-refractivity contribution in [1.82, 2.24) is 9.80 Å². The highest BCUT2D eigenvalue weighted by molar-refractivity contribution is 6.39. The van der Waals surface area contributed by atoms with Crippen molar-refractivity contribution in [2.75, 3.05) is 47.1 Å². The molecule has 5 aliphatic rings. The van der Waals surface area contributed by atoms with E-state index in [1.165, 1.54) is 19.1 Å². The number of halogens is 1. The lowest BCUT2D eigenvalue weighted by molar-refractivity contribution is -0.302. The van der Waals surface area contributed by atoms with Crippen LogP contribution in [0.15, 0.2) is 23.3 Å². The summed E-state index contributed by atoms with van der Waals surface area (Å²) in [5, 5.41) is 23.8. The predicted molar refractivity (Wildman–Crippen MR) is 213 cm³/mol. The summed E-state index contributed by atoms with van der Waals surface area (Å²) >= 11 is 0. The van der Waals surface area contributed by atoms with E-state index in [0.717, 1.165) is 32.4 Å². The first-order valence-electron chi connectivity index (χ1n) is 21.6. The number of allylic oxidation sites excluding steroid dienone is 2. The minimum atomic E-state index is -2.59. The maximum absolute atomic E-state index is 16.3. The number of Topliss-reactive ketones (excluding diaryl/α,β-unsaturated/α-hetero) is 2. The highest BCUT2D eigenvalue weighted by atomic mass is 19.1. The van der Waals surface area contributed by atoms with Gasteiger partial charge in [0.1, 0.15) is 30.2 Å². The van der Waals surface area contributed by atoms with E-state index < -0.39 is 95.4 Å². The Morgan fingerprint density at radius 1 is 1.02 bits per heavy atom. The number of hydrogen-bond acceptors (Lipinski definition) is 12. The van der Waals surface area contributed by atoms with Crippen molar-refractivity contribution >= 4 is 23.4 Å². The van der Waals surface area contributed by atoms with Gasteiger partial charge in [-0.1, -0.05) is 39.8 Å². The van der Waals surface area contributed by atoms with Gasteiger partial charge in [-0.2, -0.15) is 0 Å². The molecule has 2 N–H and O–H groups in total. The maximum atomic E-state index is 16.3. The number of ether oxygens (including phenoxy) is 5. The third-order valence-corrected chi connectivity index (χ3v) is 13.8. The minimum absolute atomic E-state index is 0.0708. The fraction of sp³-hybridized carbons (Fsp3) is 0.818. The third-order valence-electron chi connectivity index (χ3n) is 13.8. The van der Waals surface area contributed by atoms with Gasteiger partial charge in [0.2, 0.25) is 5.79 Å². The first-order valence-corrected chi connectivity index (χ1v) is 21.6. The molecule has 13 nitrogen and oxygen atoms in total. The Morgan fingerprint density at radius 2 is 1.71 bits per heavy atom. The van der Waals surface area contributed by atoms with Crippen LogP contribution in [0.3, 0.4) is 0 Å². The van der Waals surface area contributed by atoms with E-state index >= 15 is 4.39 Å². The smallest absolute Gasteiger partial charge is 0.329 e. The molecule has 13 unspecified atom stereocenters. The average molecular weight is 821 g/mol. The summed E-state index contributed by atoms with van der Waals surface area (Å²) in [7, 11) is 2.90. The Bertz CT molecular complexity index is 1530. The Labute approximate surface area is 344 Å². The van der Waals surface area contributed by atoms with Gasteiger partial charge in [-0.05, 0) is 95.2 Å². The summed E-state index contributed by atoms with van der Waals surface area (Å²) in [4.78, 5) is 60.4. The zero-order chi connectivity index (χ0) is 42.5. The van der Waals surface area contributed by atoms with E-state index in [-0.39, 0.29) is 38.0 Å². The van der Waals surface area contributed by atoms with E-state index in [2.05, 4.69) is 11.0 Å². The first-order chi connectivity index (χ1) is 27.5. The molecule has 4 saturated heterocycles. The molecule has 58 heavy (non-hydrogen) atoms. The quantitative estimate of drug-likeness (QED) is 0.228. The third kappa shape index (κ3) is 9.79. The zero-order valence-electron chi connectivity index (χ0n) is 36.0. The van der Waals surface area contributed by atoms with E-state index in [1.807, 2.05) is 13.8 Å². The topological polar surface area (TPSA) is 161 Å². The van der Waals surface area contributed by atoms with Crippen molar-refractivity contribution in [1.29, 1.82) is 0 Å². The normalized spacial score (nSPS) is 42.1. The van der Waals surface area contributed by atoms with Crippen LogP contribution in [0.5, 0.6) is 0 Å². The molecule has 0 radical (unpaired) electrons. The molecule has 0 aromatic rings. The number of hydrogen-bond donors (Lipinski definition) is 2. The van der Waals surface area contributed by atoms with Crippen molar-refractivity contribution in [3.8, 4) is 0 Å². The van der Waals surface area contributed by atoms with Crippen LogP contribution in [0.1, 0.15) is 106 Å². The molecule has 5 heterocycles. The number of ketones is 2. The van der Waals surface area contributed by atoms with Gasteiger partial charge in [-0.25, -0.2) is 9.18 Å². The number of rotatable bonds is 5. The Morgan fingerprint density at radius 3 is 2.40 bits per heavy atom. The number of piperidine rings is 2. The van der Waals surface area contributed by atoms with Crippen LogP contribution in [0.2, 0.25) is 0 Å². The molecular weight excluding hydrogens is 751 g/mol. The van der Waals surface area contributed by atoms with E-state index in [0.29, 0.717) is 43.6 Å². The van der Waals surface area contributed by atoms with Gasteiger partial charge in [0, 0.05) is 51.5 Å². The molecule has 13 atom stereocenters. The molecular formula is C44H69FN2O11. The Balaban J connectivity index is 1.57. The molecule has 0 saturated carbocycles. The summed E-state index contributed by atoms with van der Waals surface area (Å²) in [6.45, 7) is 13.2. The number of alkyl halides is 1. The summed E-state index contributed by atoms with van der Waals surface area (Å²) < 4.78 is 46.3. The fourth-order valence-electron chi connectivity index (χ4n) is 10.0. The second-order valence-corrected chi connectivity index (χ2v) is 17.8. The number of aliphatic hydroxyl groups is 2. The average Bonchev–Trinajstić information content (AvgIpc) is 3.22. The molecule has 5 aliphatic heterocycles. The van der Waals surface area contributed by atoms with Gasteiger partial charge in [-0.3, -0.25) is 19.3 Å². The van der Waals surface area contributed by atoms with Gasteiger partial charge in [0.25, 0.3) is 11.7 Å². The van der Waals surface area contributed by atoms with Crippen molar-refractivity contribution < 1.29 is 57.5 Å². The molecule has 5 rings (SSSR count). The van der Waals surface area contributed by atoms with E-state index in [9.17, 15) is 29.4 Å². The standard InChI is InChI=1S/C44H69FN2O11/c1-9-31-20-26(2)37(45)27(3)21-35(54-7)39-36(55-8)22-29(5)44(53,58-39)40(50)41(51)47-17-12-10-14-32(47)42(52)57-38(30(6)33(48)23-34(31)49)28(4)24-43-15-11-13-16-46(43)18-19-56-25-43/h20,24,27,29-33,35-39,48,53H,9-19,21-23,25H2,1-8H3/b26-20+,28-24?. The SMILES string of the molecule is CCC1/C=C(\C)C(F)C(C)CC(OC)C2OC(O)(C(=O)C(=O)N3CCCCC3C(=O)OC(C(C)=CC34CCCCN3CCOC4)C(C)C(O)CC1=O)C(C)CC2OC. The van der Waals surface area contributed by atoms with Crippen LogP contribution < -0.4 is 0 Å². The highest BCUT2D eigenvalue weighted by Gasteiger charge is 2.57. The summed E-state index contributed by atoms with van der Waals surface area (Å²) in [5.74, 6) is -8.87. The zero-order valence-corrected chi connectivity index (χ0v) is 36.0. The Hall–Kier alpha value is -2.59. The first kappa shape index (κ1) is 46.5. The van der Waals surface area contributed by atoms with Gasteiger partial charge in [-0.15, -0.1) is 0 Å². The lowest BCUT2D eigenvalue weighted by Crippen LogP contribution is -2.64. The maximum Gasteiger partial charge on any atom is 0.329 e. The molecule has 4 fully saturated rings. The van der Waals surface area contributed by atoms with Gasteiger partial charge in [0.05, 0.1) is 37.1 Å². The van der Waals surface area contributed by atoms with E-state index in [4.69, 9.17) is 23.7 Å². The summed E-state index contributed by atoms with van der Waals surface area (Å²) in [6, 6.07) is -1.15. The Kier molecular flexibility index (Phi) is 15.9. The van der Waals surface area contributed by atoms with Crippen molar-refractivity contribution in [3.05, 3.63) is 23.3 Å². The van der Waals surface area contributed by atoms with Crippen LogP contribution in [-0.4, -0.2) is 145 Å². The molecule has 328 valence electrons. The van der Waals surface area contributed by atoms with Crippen molar-refractivity contribution in [3.63, 3.8) is 0 Å². The lowest BCUT2D eigenvalue weighted by Gasteiger charge is -2.49. The second-order valence-electron chi connectivity index (χ2n) is 17.8. The van der Waals surface area contributed by atoms with Crippen LogP contribution in [0, 0.1) is 23.7 Å². The number of fused-ring (bicyclic) bond motifs is 4.